The average Bonchev–Trinajstić information content (AvgIpc) is 2.37. The predicted molar refractivity (Wildman–Crippen MR) is 85.8 cm³/mol. The van der Waals surface area contributed by atoms with Crippen molar-refractivity contribution in [2.24, 2.45) is 0 Å². The van der Waals surface area contributed by atoms with E-state index >= 15 is 0 Å². The summed E-state index contributed by atoms with van der Waals surface area (Å²) in [6.07, 6.45) is 2.52. The second-order valence-corrected chi connectivity index (χ2v) is 5.99. The van der Waals surface area contributed by atoms with Crippen LogP contribution in [0.25, 0.3) is 0 Å². The Labute approximate surface area is 127 Å². The molecule has 1 aromatic rings. The molecule has 0 unspecified atom stereocenters. The van der Waals surface area contributed by atoms with Crippen molar-refractivity contribution in [1.29, 1.82) is 0 Å². The lowest BCUT2D eigenvalue weighted by molar-refractivity contribution is -0.154. The number of hydrogen-bond donors (Lipinski definition) is 1. The predicted octanol–water partition coefficient (Wildman–Crippen LogP) is 4.01. The highest BCUT2D eigenvalue weighted by atomic mass is 16.6. The molecule has 0 radical (unpaired) electrons. The van der Waals surface area contributed by atoms with E-state index in [0.29, 0.717) is 13.0 Å². The Bertz CT molecular complexity index is 438. The maximum Gasteiger partial charge on any atom is 0.308 e. The van der Waals surface area contributed by atoms with E-state index in [1.54, 1.807) is 0 Å². The summed E-state index contributed by atoms with van der Waals surface area (Å²) in [5, 5.41) is 3.21. The second-order valence-electron chi connectivity index (χ2n) is 5.99. The summed E-state index contributed by atoms with van der Waals surface area (Å²) in [7, 11) is 0. The summed E-state index contributed by atoms with van der Waals surface area (Å²) in [6.45, 7) is 9.03. The minimum Gasteiger partial charge on any atom is -0.494 e. The number of ether oxygens (including phenoxy) is 2. The Hall–Kier alpha value is -1.71. The van der Waals surface area contributed by atoms with Crippen molar-refractivity contribution >= 4 is 11.7 Å². The third-order valence-corrected chi connectivity index (χ3v) is 2.68. The van der Waals surface area contributed by atoms with Crippen LogP contribution in [0.4, 0.5) is 5.69 Å². The van der Waals surface area contributed by atoms with E-state index in [0.717, 1.165) is 30.9 Å². The molecule has 118 valence electrons. The molecule has 0 atom stereocenters. The van der Waals surface area contributed by atoms with Crippen molar-refractivity contribution in [2.75, 3.05) is 18.5 Å². The average molecular weight is 293 g/mol. The van der Waals surface area contributed by atoms with Crippen LogP contribution in [-0.4, -0.2) is 24.7 Å². The molecule has 0 aliphatic heterocycles. The van der Waals surface area contributed by atoms with Gasteiger partial charge in [0.05, 0.1) is 13.0 Å². The minimum atomic E-state index is -0.426. The lowest BCUT2D eigenvalue weighted by Crippen LogP contribution is -2.25. The topological polar surface area (TPSA) is 47.6 Å². The van der Waals surface area contributed by atoms with Crippen molar-refractivity contribution < 1.29 is 14.3 Å². The van der Waals surface area contributed by atoms with Gasteiger partial charge in [-0.2, -0.15) is 0 Å². The number of benzene rings is 1. The van der Waals surface area contributed by atoms with Gasteiger partial charge in [-0.1, -0.05) is 19.4 Å². The Morgan fingerprint density at radius 2 is 2.05 bits per heavy atom. The monoisotopic (exact) mass is 293 g/mol. The quantitative estimate of drug-likeness (QED) is 0.581. The number of anilines is 1. The van der Waals surface area contributed by atoms with Gasteiger partial charge in [-0.15, -0.1) is 0 Å². The van der Waals surface area contributed by atoms with E-state index in [2.05, 4.69) is 12.2 Å². The van der Waals surface area contributed by atoms with E-state index in [-0.39, 0.29) is 5.97 Å². The molecule has 0 spiro atoms. The smallest absolute Gasteiger partial charge is 0.308 e. The van der Waals surface area contributed by atoms with Crippen molar-refractivity contribution in [1.82, 2.24) is 0 Å². The molecule has 0 bridgehead atoms. The third kappa shape index (κ3) is 8.23. The summed E-state index contributed by atoms with van der Waals surface area (Å²) in [6, 6.07) is 7.79. The van der Waals surface area contributed by atoms with Gasteiger partial charge in [0.15, 0.2) is 0 Å². The van der Waals surface area contributed by atoms with Gasteiger partial charge in [-0.3, -0.25) is 4.79 Å². The second kappa shape index (κ2) is 8.55. The van der Waals surface area contributed by atoms with Crippen LogP contribution in [0, 0.1) is 0 Å². The van der Waals surface area contributed by atoms with Crippen molar-refractivity contribution in [2.45, 2.75) is 52.6 Å². The van der Waals surface area contributed by atoms with Gasteiger partial charge in [0.25, 0.3) is 0 Å². The van der Waals surface area contributed by atoms with E-state index in [9.17, 15) is 4.79 Å². The van der Waals surface area contributed by atoms with Gasteiger partial charge < -0.3 is 14.8 Å². The van der Waals surface area contributed by atoms with Gasteiger partial charge in [0.2, 0.25) is 0 Å². The zero-order valence-electron chi connectivity index (χ0n) is 13.6. The molecule has 1 rings (SSSR count). The Balaban J connectivity index is 2.35. The summed E-state index contributed by atoms with van der Waals surface area (Å²) in [5.74, 6) is 0.663. The Kier molecular flexibility index (Phi) is 7.06. The van der Waals surface area contributed by atoms with Crippen LogP contribution in [0.3, 0.4) is 0 Å². The van der Waals surface area contributed by atoms with Crippen LogP contribution in [0.15, 0.2) is 24.3 Å². The van der Waals surface area contributed by atoms with Gasteiger partial charge >= 0.3 is 5.97 Å². The minimum absolute atomic E-state index is 0.189. The first-order chi connectivity index (χ1) is 9.90. The molecule has 21 heavy (non-hydrogen) atoms. The van der Waals surface area contributed by atoms with Crippen molar-refractivity contribution in [3.63, 3.8) is 0 Å². The fourth-order valence-electron chi connectivity index (χ4n) is 1.73. The first-order valence-electron chi connectivity index (χ1n) is 7.59. The first kappa shape index (κ1) is 17.3. The summed E-state index contributed by atoms with van der Waals surface area (Å²) in [5.41, 5.74) is 0.525. The third-order valence-electron chi connectivity index (χ3n) is 2.68. The summed E-state index contributed by atoms with van der Waals surface area (Å²) >= 11 is 0. The molecule has 0 aromatic heterocycles. The maximum absolute atomic E-state index is 11.6. The highest BCUT2D eigenvalue weighted by Gasteiger charge is 2.15. The summed E-state index contributed by atoms with van der Waals surface area (Å²) < 4.78 is 10.9. The van der Waals surface area contributed by atoms with Crippen molar-refractivity contribution in [3.05, 3.63) is 24.3 Å². The lowest BCUT2D eigenvalue weighted by Gasteiger charge is -2.19. The molecule has 0 amide bonds. The normalized spacial score (nSPS) is 11.0. The number of rotatable bonds is 8. The maximum atomic E-state index is 11.6. The van der Waals surface area contributed by atoms with Crippen LogP contribution in [0.1, 0.15) is 47.0 Å². The van der Waals surface area contributed by atoms with Gasteiger partial charge in [-0.05, 0) is 39.3 Å². The SMILES string of the molecule is CCCCOc1cccc(NCCC(=O)OC(C)(C)C)c1. The number of unbranched alkanes of at least 4 members (excludes halogenated alkanes) is 1. The molecule has 0 saturated heterocycles. The van der Waals surface area contributed by atoms with Crippen LogP contribution in [0.5, 0.6) is 5.75 Å². The van der Waals surface area contributed by atoms with E-state index in [1.165, 1.54) is 0 Å². The number of carbonyl (C=O) groups excluding carboxylic acids is 1. The molecule has 0 saturated carbocycles. The highest BCUT2D eigenvalue weighted by molar-refractivity contribution is 5.70. The van der Waals surface area contributed by atoms with E-state index in [1.807, 2.05) is 45.0 Å². The molecule has 0 aliphatic rings. The number of nitrogens with one attached hydrogen (secondary N) is 1. The first-order valence-corrected chi connectivity index (χ1v) is 7.59. The number of carbonyl (C=O) groups is 1. The lowest BCUT2D eigenvalue weighted by atomic mass is 10.2. The zero-order chi connectivity index (χ0) is 15.7. The zero-order valence-corrected chi connectivity index (χ0v) is 13.6. The molecule has 0 aliphatic carbocycles. The van der Waals surface area contributed by atoms with Crippen LogP contribution in [0.2, 0.25) is 0 Å². The fraction of sp³-hybridized carbons (Fsp3) is 0.588. The Morgan fingerprint density at radius 3 is 2.71 bits per heavy atom. The number of esters is 1. The van der Waals surface area contributed by atoms with E-state index < -0.39 is 5.60 Å². The van der Waals surface area contributed by atoms with Crippen molar-refractivity contribution in [3.8, 4) is 5.75 Å². The molecule has 4 nitrogen and oxygen atoms in total. The van der Waals surface area contributed by atoms with Gasteiger partial charge in [0.1, 0.15) is 11.4 Å². The summed E-state index contributed by atoms with van der Waals surface area (Å²) in [4.78, 5) is 11.6. The number of hydrogen-bond acceptors (Lipinski definition) is 4. The molecule has 0 heterocycles. The molecule has 0 fully saturated rings. The molecular formula is C17H27NO3. The van der Waals surface area contributed by atoms with Crippen LogP contribution < -0.4 is 10.1 Å². The van der Waals surface area contributed by atoms with Crippen LogP contribution in [-0.2, 0) is 9.53 Å². The molecule has 4 heteroatoms. The Morgan fingerprint density at radius 1 is 1.29 bits per heavy atom. The standard InChI is InChI=1S/C17H27NO3/c1-5-6-12-20-15-9-7-8-14(13-15)18-11-10-16(19)21-17(2,3)4/h7-9,13,18H,5-6,10-12H2,1-4H3. The van der Waals surface area contributed by atoms with E-state index in [4.69, 9.17) is 9.47 Å². The molecule has 1 aromatic carbocycles. The molecular weight excluding hydrogens is 266 g/mol. The fourth-order valence-corrected chi connectivity index (χ4v) is 1.73. The largest absolute Gasteiger partial charge is 0.494 e. The molecule has 1 N–H and O–H groups in total. The van der Waals surface area contributed by atoms with Gasteiger partial charge in [-0.25, -0.2) is 0 Å². The highest BCUT2D eigenvalue weighted by Crippen LogP contribution is 2.17. The van der Waals surface area contributed by atoms with Crippen LogP contribution >= 0.6 is 0 Å². The van der Waals surface area contributed by atoms with Gasteiger partial charge in [0, 0.05) is 18.3 Å².